The zero-order valence-corrected chi connectivity index (χ0v) is 23.1. The Balaban J connectivity index is 1.54. The third kappa shape index (κ3) is 7.11. The van der Waals surface area contributed by atoms with Crippen LogP contribution in [0.3, 0.4) is 0 Å². The molecule has 40 heavy (non-hydrogen) atoms. The summed E-state index contributed by atoms with van der Waals surface area (Å²) in [5.74, 6) is -5.82. The first kappa shape index (κ1) is 29.8. The van der Waals surface area contributed by atoms with Gasteiger partial charge in [0.05, 0.1) is 11.8 Å². The van der Waals surface area contributed by atoms with Crippen molar-refractivity contribution in [2.75, 3.05) is 19.3 Å². The summed E-state index contributed by atoms with van der Waals surface area (Å²) in [5, 5.41) is 0. The molecule has 2 fully saturated rings. The number of benzene rings is 2. The maximum Gasteiger partial charge on any atom is 0.493 e. The molecule has 0 radical (unpaired) electrons. The number of alkyl halides is 3. The highest BCUT2D eigenvalue weighted by atomic mass is 32.2. The van der Waals surface area contributed by atoms with Gasteiger partial charge in [-0.3, -0.25) is 9.69 Å². The average molecular weight is 587 g/mol. The molecule has 0 N–H and O–H groups in total. The van der Waals surface area contributed by atoms with E-state index in [9.17, 15) is 31.2 Å². The van der Waals surface area contributed by atoms with Gasteiger partial charge in [-0.15, -0.1) is 0 Å². The number of rotatable bonds is 7. The van der Waals surface area contributed by atoms with E-state index in [0.29, 0.717) is 37.6 Å². The van der Waals surface area contributed by atoms with E-state index in [2.05, 4.69) is 34.9 Å². The van der Waals surface area contributed by atoms with Gasteiger partial charge in [-0.25, -0.2) is 17.6 Å². The van der Waals surface area contributed by atoms with Gasteiger partial charge in [0.2, 0.25) is 0 Å². The SMILES string of the molecule is Cc1ccc(CN2CCC[C@@H](Oc3cc(F)c(C(=O)N(OC(=O)C(F)(F)F)S(C)(=O)=O)cc3C3CC3)C2)cc1C. The number of likely N-dealkylation sites (tertiary alicyclic amines) is 1. The van der Waals surface area contributed by atoms with Crippen molar-refractivity contribution < 1.29 is 45.1 Å². The fourth-order valence-electron chi connectivity index (χ4n) is 4.63. The molecule has 8 nitrogen and oxygen atoms in total. The van der Waals surface area contributed by atoms with Crippen LogP contribution in [0.25, 0.3) is 0 Å². The maximum atomic E-state index is 15.2. The quantitative estimate of drug-likeness (QED) is 0.340. The van der Waals surface area contributed by atoms with E-state index in [1.54, 1.807) is 0 Å². The summed E-state index contributed by atoms with van der Waals surface area (Å²) < 4.78 is 82.6. The fourth-order valence-corrected chi connectivity index (χ4v) is 5.23. The molecule has 1 atom stereocenters. The summed E-state index contributed by atoms with van der Waals surface area (Å²) >= 11 is 0. The van der Waals surface area contributed by atoms with Gasteiger partial charge in [0.1, 0.15) is 17.7 Å². The number of nitrogens with zero attached hydrogens (tertiary/aromatic N) is 2. The highest BCUT2D eigenvalue weighted by molar-refractivity contribution is 7.88. The molecule has 0 aromatic heterocycles. The Labute approximate surface area is 229 Å². The fraction of sp³-hybridized carbons (Fsp3) is 0.481. The zero-order chi connectivity index (χ0) is 29.4. The molecule has 13 heteroatoms. The average Bonchev–Trinajstić information content (AvgIpc) is 3.69. The van der Waals surface area contributed by atoms with Crippen LogP contribution in [0.1, 0.15) is 64.2 Å². The van der Waals surface area contributed by atoms with E-state index in [1.807, 2.05) is 6.92 Å². The Kier molecular flexibility index (Phi) is 8.46. The molecular weight excluding hydrogens is 556 g/mol. The number of ether oxygens (including phenoxy) is 1. The number of sulfonamides is 1. The van der Waals surface area contributed by atoms with Crippen LogP contribution in [0.2, 0.25) is 0 Å². The lowest BCUT2D eigenvalue weighted by molar-refractivity contribution is -0.216. The van der Waals surface area contributed by atoms with Crippen molar-refractivity contribution in [3.63, 3.8) is 0 Å². The van der Waals surface area contributed by atoms with Crippen molar-refractivity contribution >= 4 is 21.9 Å². The Hall–Kier alpha value is -3.19. The predicted octanol–water partition coefficient (Wildman–Crippen LogP) is 4.79. The molecule has 2 aliphatic rings. The van der Waals surface area contributed by atoms with Gasteiger partial charge in [0.25, 0.3) is 10.0 Å². The lowest BCUT2D eigenvalue weighted by Gasteiger charge is -2.33. The van der Waals surface area contributed by atoms with Crippen LogP contribution >= 0.6 is 0 Å². The topological polar surface area (TPSA) is 93.2 Å². The first-order chi connectivity index (χ1) is 18.6. The van der Waals surface area contributed by atoms with E-state index in [-0.39, 0.29) is 17.8 Å². The van der Waals surface area contributed by atoms with E-state index in [1.165, 1.54) is 11.1 Å². The number of hydroxylamine groups is 1. The van der Waals surface area contributed by atoms with Gasteiger partial charge < -0.3 is 9.57 Å². The van der Waals surface area contributed by atoms with Crippen LogP contribution in [0, 0.1) is 19.7 Å². The molecule has 0 bridgehead atoms. The third-order valence-corrected chi connectivity index (χ3v) is 7.79. The smallest absolute Gasteiger partial charge is 0.489 e. The molecule has 0 unspecified atom stereocenters. The second kappa shape index (κ2) is 11.4. The highest BCUT2D eigenvalue weighted by Crippen LogP contribution is 2.45. The number of amides is 1. The second-order valence-electron chi connectivity index (χ2n) is 10.4. The summed E-state index contributed by atoms with van der Waals surface area (Å²) in [5.41, 5.74) is 3.15. The summed E-state index contributed by atoms with van der Waals surface area (Å²) in [6, 6.07) is 8.30. The van der Waals surface area contributed by atoms with Crippen molar-refractivity contribution in [2.24, 2.45) is 0 Å². The molecule has 0 spiro atoms. The highest BCUT2D eigenvalue weighted by Gasteiger charge is 2.46. The predicted molar refractivity (Wildman–Crippen MR) is 136 cm³/mol. The van der Waals surface area contributed by atoms with Crippen LogP contribution < -0.4 is 4.74 Å². The van der Waals surface area contributed by atoms with Crippen LogP contribution in [-0.4, -0.2) is 61.3 Å². The molecule has 218 valence electrons. The van der Waals surface area contributed by atoms with Gasteiger partial charge >= 0.3 is 18.1 Å². The number of aryl methyl sites for hydroxylation is 2. The lowest BCUT2D eigenvalue weighted by atomic mass is 10.0. The Morgan fingerprint density at radius 3 is 2.38 bits per heavy atom. The number of hydrogen-bond acceptors (Lipinski definition) is 7. The molecule has 1 saturated heterocycles. The van der Waals surface area contributed by atoms with Gasteiger partial charge in [0.15, 0.2) is 0 Å². The minimum atomic E-state index is -5.58. The van der Waals surface area contributed by atoms with Crippen molar-refractivity contribution in [2.45, 2.75) is 64.3 Å². The molecule has 1 heterocycles. The zero-order valence-electron chi connectivity index (χ0n) is 22.3. The van der Waals surface area contributed by atoms with E-state index in [4.69, 9.17) is 4.74 Å². The maximum absolute atomic E-state index is 15.2. The molecule has 4 rings (SSSR count). The Morgan fingerprint density at radius 1 is 1.07 bits per heavy atom. The van der Waals surface area contributed by atoms with Crippen molar-refractivity contribution in [3.8, 4) is 5.75 Å². The monoisotopic (exact) mass is 586 g/mol. The van der Waals surface area contributed by atoms with E-state index < -0.39 is 43.9 Å². The van der Waals surface area contributed by atoms with Crippen LogP contribution in [-0.2, 0) is 26.2 Å². The minimum Gasteiger partial charge on any atom is -0.489 e. The summed E-state index contributed by atoms with van der Waals surface area (Å²) in [4.78, 5) is 30.2. The summed E-state index contributed by atoms with van der Waals surface area (Å²) in [7, 11) is -4.83. The van der Waals surface area contributed by atoms with Gasteiger partial charge in [-0.1, -0.05) is 22.7 Å². The van der Waals surface area contributed by atoms with Gasteiger partial charge in [-0.05, 0) is 80.3 Å². The minimum absolute atomic E-state index is 0.0956. The lowest BCUT2D eigenvalue weighted by Crippen LogP contribution is -2.42. The first-order valence-electron chi connectivity index (χ1n) is 12.8. The van der Waals surface area contributed by atoms with Crippen molar-refractivity contribution in [1.29, 1.82) is 0 Å². The van der Waals surface area contributed by atoms with Gasteiger partial charge in [0, 0.05) is 19.2 Å². The van der Waals surface area contributed by atoms with E-state index >= 15 is 4.39 Å². The number of piperidine rings is 1. The van der Waals surface area contributed by atoms with Crippen molar-refractivity contribution in [1.82, 2.24) is 9.37 Å². The third-order valence-electron chi connectivity index (χ3n) is 6.94. The van der Waals surface area contributed by atoms with Gasteiger partial charge in [-0.2, -0.15) is 13.2 Å². The number of carbonyl (C=O) groups is 2. The molecule has 1 amide bonds. The standard InChI is InChI=1S/C27H30F4N2O6S/c1-16-6-7-18(11-17(16)2)14-32-10-4-5-20(15-32)38-24-13-23(28)22(12-21(24)19-8-9-19)25(34)33(40(3,36)37)39-26(35)27(29,30)31/h6-7,11-13,19-20H,4-5,8-10,14-15H2,1-3H3/t20-/m1/s1. The number of halogens is 4. The molecular formula is C27H30F4N2O6S. The Morgan fingerprint density at radius 2 is 1.77 bits per heavy atom. The largest absolute Gasteiger partial charge is 0.493 e. The van der Waals surface area contributed by atoms with Crippen LogP contribution in [0.5, 0.6) is 5.75 Å². The molecule has 2 aromatic rings. The Bertz CT molecular complexity index is 1410. The summed E-state index contributed by atoms with van der Waals surface area (Å²) in [6.45, 7) is 6.26. The molecule has 1 saturated carbocycles. The van der Waals surface area contributed by atoms with Crippen LogP contribution in [0.15, 0.2) is 30.3 Å². The van der Waals surface area contributed by atoms with Crippen molar-refractivity contribution in [3.05, 3.63) is 64.0 Å². The molecule has 1 aliphatic heterocycles. The molecule has 2 aromatic carbocycles. The number of carbonyl (C=O) groups excluding carboxylic acids is 2. The van der Waals surface area contributed by atoms with Crippen LogP contribution in [0.4, 0.5) is 17.6 Å². The first-order valence-corrected chi connectivity index (χ1v) is 14.6. The normalized spacial score (nSPS) is 18.3. The number of hydrogen-bond donors (Lipinski definition) is 0. The van der Waals surface area contributed by atoms with E-state index in [0.717, 1.165) is 37.2 Å². The molecule has 1 aliphatic carbocycles. The summed E-state index contributed by atoms with van der Waals surface area (Å²) in [6.07, 6.45) is -2.52. The second-order valence-corrected chi connectivity index (χ2v) is 12.1.